The van der Waals surface area contributed by atoms with Gasteiger partial charge < -0.3 is 5.32 Å². The van der Waals surface area contributed by atoms with Crippen LogP contribution in [0.2, 0.25) is 0 Å². The van der Waals surface area contributed by atoms with Crippen molar-refractivity contribution >= 4 is 38.4 Å². The highest BCUT2D eigenvalue weighted by molar-refractivity contribution is 7.22. The minimum atomic E-state index is -0.0948. The molecule has 2 heterocycles. The molecular formula is C25H29N3O2S. The topological polar surface area (TPSA) is 62.3 Å². The molecule has 0 aliphatic carbocycles. The Kier molecular flexibility index (Phi) is 7.10. The number of carbonyl (C=O) groups is 2. The molecule has 5 nitrogen and oxygen atoms in total. The molecule has 1 amide bonds. The molecule has 1 aliphatic heterocycles. The van der Waals surface area contributed by atoms with Gasteiger partial charge in [-0.25, -0.2) is 4.98 Å². The number of nitrogens with one attached hydrogen (secondary N) is 1. The van der Waals surface area contributed by atoms with Crippen LogP contribution in [0.15, 0.2) is 48.5 Å². The van der Waals surface area contributed by atoms with Gasteiger partial charge in [-0.1, -0.05) is 54.7 Å². The van der Waals surface area contributed by atoms with Crippen molar-refractivity contribution < 1.29 is 9.59 Å². The standard InChI is InChI=1S/C25H29N3O2S/c1-18-12-14-28(15-13-18)17-19-10-11-21-23(16-19)31-25(26-21)27-24(30)9-5-8-22(29)20-6-3-2-4-7-20/h2-4,6-7,10-11,16,18H,5,8-9,12-15,17H2,1H3,(H,26,27,30). The highest BCUT2D eigenvalue weighted by Gasteiger charge is 2.16. The van der Waals surface area contributed by atoms with Crippen LogP contribution in [-0.2, 0) is 11.3 Å². The van der Waals surface area contributed by atoms with Gasteiger partial charge in [-0.2, -0.15) is 0 Å². The van der Waals surface area contributed by atoms with E-state index in [0.29, 0.717) is 30.0 Å². The molecule has 1 fully saturated rings. The average Bonchev–Trinajstić information content (AvgIpc) is 3.17. The van der Waals surface area contributed by atoms with Crippen LogP contribution in [0.5, 0.6) is 0 Å². The molecular weight excluding hydrogens is 406 g/mol. The van der Waals surface area contributed by atoms with E-state index in [4.69, 9.17) is 0 Å². The zero-order valence-electron chi connectivity index (χ0n) is 18.0. The van der Waals surface area contributed by atoms with Gasteiger partial charge in [0.2, 0.25) is 5.91 Å². The van der Waals surface area contributed by atoms with E-state index in [1.165, 1.54) is 29.7 Å². The first kappa shape index (κ1) is 21.7. The van der Waals surface area contributed by atoms with Crippen molar-refractivity contribution in [3.8, 4) is 0 Å². The molecule has 0 atom stereocenters. The minimum absolute atomic E-state index is 0.0732. The normalized spacial score (nSPS) is 15.3. The number of aromatic nitrogens is 1. The first-order chi connectivity index (χ1) is 15.1. The second-order valence-corrected chi connectivity index (χ2v) is 9.50. The van der Waals surface area contributed by atoms with Crippen LogP contribution in [0.3, 0.4) is 0 Å². The lowest BCUT2D eigenvalue weighted by Gasteiger charge is -2.30. The Balaban J connectivity index is 1.28. The molecule has 0 radical (unpaired) electrons. The highest BCUT2D eigenvalue weighted by Crippen LogP contribution is 2.28. The van der Waals surface area contributed by atoms with Crippen molar-refractivity contribution in [1.82, 2.24) is 9.88 Å². The van der Waals surface area contributed by atoms with Crippen molar-refractivity contribution in [2.45, 2.75) is 45.6 Å². The Labute approximate surface area is 187 Å². The Hall–Kier alpha value is -2.57. The van der Waals surface area contributed by atoms with Crippen molar-refractivity contribution in [1.29, 1.82) is 0 Å². The van der Waals surface area contributed by atoms with Gasteiger partial charge in [0, 0.05) is 24.9 Å². The predicted octanol–water partition coefficient (Wildman–Crippen LogP) is 5.52. The number of carbonyl (C=O) groups excluding carboxylic acids is 2. The van der Waals surface area contributed by atoms with Crippen molar-refractivity contribution in [3.05, 3.63) is 59.7 Å². The summed E-state index contributed by atoms with van der Waals surface area (Å²) in [5.41, 5.74) is 2.91. The summed E-state index contributed by atoms with van der Waals surface area (Å²) in [7, 11) is 0. The van der Waals surface area contributed by atoms with Crippen molar-refractivity contribution in [2.75, 3.05) is 18.4 Å². The number of likely N-dealkylation sites (tertiary alicyclic amines) is 1. The number of fused-ring (bicyclic) bond motifs is 1. The van der Waals surface area contributed by atoms with Gasteiger partial charge in [-0.15, -0.1) is 0 Å². The molecule has 3 aromatic rings. The van der Waals surface area contributed by atoms with E-state index in [9.17, 15) is 9.59 Å². The molecule has 162 valence electrons. The molecule has 0 spiro atoms. The van der Waals surface area contributed by atoms with Gasteiger partial charge in [0.1, 0.15) is 0 Å². The minimum Gasteiger partial charge on any atom is -0.302 e. The lowest BCUT2D eigenvalue weighted by Crippen LogP contribution is -2.32. The molecule has 6 heteroatoms. The monoisotopic (exact) mass is 435 g/mol. The van der Waals surface area contributed by atoms with Gasteiger partial charge in [-0.05, 0) is 56.0 Å². The summed E-state index contributed by atoms with van der Waals surface area (Å²) in [6.07, 6.45) is 3.76. The Morgan fingerprint density at radius 3 is 2.65 bits per heavy atom. The molecule has 0 unspecified atom stereocenters. The summed E-state index contributed by atoms with van der Waals surface area (Å²) in [5, 5.41) is 3.52. The molecule has 1 aromatic heterocycles. The fraction of sp³-hybridized carbons (Fsp3) is 0.400. The summed E-state index contributed by atoms with van der Waals surface area (Å²) in [6, 6.07) is 15.6. The number of rotatable bonds is 8. The molecule has 0 bridgehead atoms. The van der Waals surface area contributed by atoms with Gasteiger partial charge in [0.05, 0.1) is 10.2 Å². The smallest absolute Gasteiger partial charge is 0.226 e. The predicted molar refractivity (Wildman–Crippen MR) is 127 cm³/mol. The maximum Gasteiger partial charge on any atom is 0.226 e. The first-order valence-electron chi connectivity index (χ1n) is 11.1. The van der Waals surface area contributed by atoms with Gasteiger partial charge >= 0.3 is 0 Å². The summed E-state index contributed by atoms with van der Waals surface area (Å²) < 4.78 is 1.09. The summed E-state index contributed by atoms with van der Waals surface area (Å²) in [6.45, 7) is 5.63. The Bertz CT molecular complexity index is 1040. The fourth-order valence-corrected chi connectivity index (χ4v) is 4.90. The van der Waals surface area contributed by atoms with E-state index >= 15 is 0 Å². The van der Waals surface area contributed by atoms with Crippen molar-refractivity contribution in [3.63, 3.8) is 0 Å². The van der Waals surface area contributed by atoms with Crippen LogP contribution in [0.1, 0.15) is 54.9 Å². The van der Waals surface area contributed by atoms with Gasteiger partial charge in [0.25, 0.3) is 0 Å². The van der Waals surface area contributed by atoms with Crippen LogP contribution in [-0.4, -0.2) is 34.7 Å². The molecule has 1 N–H and O–H groups in total. The quantitative estimate of drug-likeness (QED) is 0.473. The van der Waals surface area contributed by atoms with E-state index in [0.717, 1.165) is 35.8 Å². The van der Waals surface area contributed by atoms with E-state index in [-0.39, 0.29) is 11.7 Å². The van der Waals surface area contributed by atoms with E-state index in [1.807, 2.05) is 36.4 Å². The number of benzene rings is 2. The lowest BCUT2D eigenvalue weighted by atomic mass is 9.99. The highest BCUT2D eigenvalue weighted by atomic mass is 32.1. The molecule has 4 rings (SSSR count). The molecule has 1 aliphatic rings. The second kappa shape index (κ2) is 10.2. The maximum absolute atomic E-state index is 12.3. The number of hydrogen-bond donors (Lipinski definition) is 1. The summed E-state index contributed by atoms with van der Waals surface area (Å²) >= 11 is 1.51. The van der Waals surface area contributed by atoms with Crippen LogP contribution in [0.25, 0.3) is 10.2 Å². The van der Waals surface area contributed by atoms with Crippen molar-refractivity contribution in [2.24, 2.45) is 5.92 Å². The van der Waals surface area contributed by atoms with Crippen LogP contribution >= 0.6 is 11.3 Å². The molecule has 31 heavy (non-hydrogen) atoms. The number of nitrogens with zero attached hydrogens (tertiary/aromatic N) is 2. The van der Waals surface area contributed by atoms with Gasteiger partial charge in [-0.3, -0.25) is 14.5 Å². The number of anilines is 1. The SMILES string of the molecule is CC1CCN(Cc2ccc3nc(NC(=O)CCCC(=O)c4ccccc4)sc3c2)CC1. The number of piperidine rings is 1. The van der Waals surface area contributed by atoms with Crippen LogP contribution in [0.4, 0.5) is 5.13 Å². The van der Waals surface area contributed by atoms with E-state index in [2.05, 4.69) is 34.3 Å². The maximum atomic E-state index is 12.3. The molecule has 1 saturated heterocycles. The number of amides is 1. The van der Waals surface area contributed by atoms with Gasteiger partial charge in [0.15, 0.2) is 10.9 Å². The van der Waals surface area contributed by atoms with Crippen LogP contribution in [0, 0.1) is 5.92 Å². The Morgan fingerprint density at radius 2 is 1.87 bits per heavy atom. The summed E-state index contributed by atoms with van der Waals surface area (Å²) in [5.74, 6) is 0.814. The average molecular weight is 436 g/mol. The second-order valence-electron chi connectivity index (χ2n) is 8.47. The fourth-order valence-electron chi connectivity index (χ4n) is 3.96. The number of thiazole rings is 1. The van der Waals surface area contributed by atoms with Crippen LogP contribution < -0.4 is 5.32 Å². The van der Waals surface area contributed by atoms with E-state index < -0.39 is 0 Å². The number of hydrogen-bond acceptors (Lipinski definition) is 5. The first-order valence-corrected chi connectivity index (χ1v) is 11.9. The third-order valence-electron chi connectivity index (χ3n) is 5.89. The number of ketones is 1. The molecule has 2 aromatic carbocycles. The zero-order valence-corrected chi connectivity index (χ0v) is 18.8. The van der Waals surface area contributed by atoms with E-state index in [1.54, 1.807) is 0 Å². The summed E-state index contributed by atoms with van der Waals surface area (Å²) in [4.78, 5) is 31.5. The molecule has 0 saturated carbocycles. The lowest BCUT2D eigenvalue weighted by molar-refractivity contribution is -0.116. The largest absolute Gasteiger partial charge is 0.302 e. The zero-order chi connectivity index (χ0) is 21.6. The number of Topliss-reactive ketones (excluding diaryl/α,β-unsaturated/α-hetero) is 1. The third kappa shape index (κ3) is 5.99. The third-order valence-corrected chi connectivity index (χ3v) is 6.82. The Morgan fingerprint density at radius 1 is 1.10 bits per heavy atom.